The summed E-state index contributed by atoms with van der Waals surface area (Å²) in [4.78, 5) is 7.75. The van der Waals surface area contributed by atoms with Gasteiger partial charge in [-0.3, -0.25) is 0 Å². The van der Waals surface area contributed by atoms with E-state index < -0.39 is 0 Å². The van der Waals surface area contributed by atoms with E-state index in [9.17, 15) is 0 Å². The minimum Gasteiger partial charge on any atom is -0.244 e. The van der Waals surface area contributed by atoms with E-state index in [1.54, 1.807) is 12.4 Å². The smallest absolute Gasteiger partial charge is 0.140 e. The van der Waals surface area contributed by atoms with Crippen LogP contribution >= 0.6 is 23.1 Å². The lowest BCUT2D eigenvalue weighted by Gasteiger charge is -1.96. The third-order valence-corrected chi connectivity index (χ3v) is 2.29. The molecule has 2 heterocycles. The number of rotatable bonds is 1. The van der Waals surface area contributed by atoms with Crippen LogP contribution in [0, 0.1) is 0 Å². The van der Waals surface area contributed by atoms with E-state index >= 15 is 0 Å². The summed E-state index contributed by atoms with van der Waals surface area (Å²) in [6.07, 6.45) is 4.85. The van der Waals surface area contributed by atoms with E-state index in [2.05, 4.69) is 14.3 Å². The number of halogens is 1. The minimum atomic E-state index is 0.463. The largest absolute Gasteiger partial charge is 0.244 e. The molecule has 0 bridgehead atoms. The summed E-state index contributed by atoms with van der Waals surface area (Å²) in [6, 6.07) is 0. The highest BCUT2D eigenvalue weighted by Crippen LogP contribution is 2.24. The molecule has 0 fully saturated rings. The highest BCUT2D eigenvalue weighted by molar-refractivity contribution is 7.03. The number of nitrogens with zero attached hydrogens (tertiary/aromatic N) is 3. The van der Waals surface area contributed by atoms with Crippen LogP contribution in [0.4, 0.5) is 0 Å². The monoisotopic (exact) mass is 197 g/mol. The van der Waals surface area contributed by atoms with Crippen LogP contribution in [0.1, 0.15) is 0 Å². The molecule has 0 saturated carbocycles. The van der Waals surface area contributed by atoms with E-state index in [1.165, 1.54) is 17.9 Å². The minimum absolute atomic E-state index is 0.463. The molecule has 3 nitrogen and oxygen atoms in total. The van der Waals surface area contributed by atoms with Crippen molar-refractivity contribution in [1.82, 2.24) is 14.3 Å². The van der Waals surface area contributed by atoms with Crippen molar-refractivity contribution in [1.29, 1.82) is 0 Å². The summed E-state index contributed by atoms with van der Waals surface area (Å²) in [6.45, 7) is 0. The van der Waals surface area contributed by atoms with Gasteiger partial charge in [-0.15, -0.1) is 0 Å². The summed E-state index contributed by atoms with van der Waals surface area (Å²) in [5.41, 5.74) is 1.79. The Bertz CT molecular complexity index is 374. The van der Waals surface area contributed by atoms with Crippen molar-refractivity contribution in [2.45, 2.75) is 0 Å². The quantitative estimate of drug-likeness (QED) is 0.659. The van der Waals surface area contributed by atoms with E-state index in [4.69, 9.17) is 11.6 Å². The molecule has 0 saturated heterocycles. The molecule has 5 heteroatoms. The summed E-state index contributed by atoms with van der Waals surface area (Å²) in [7, 11) is 0. The van der Waals surface area contributed by atoms with Gasteiger partial charge in [0, 0.05) is 28.9 Å². The van der Waals surface area contributed by atoms with Crippen molar-refractivity contribution >= 4 is 23.1 Å². The molecule has 60 valence electrons. The molecule has 0 amide bonds. The molecule has 0 radical (unpaired) electrons. The lowest BCUT2D eigenvalue weighted by molar-refractivity contribution is 1.17. The second-order valence-corrected chi connectivity index (χ2v) is 3.16. The van der Waals surface area contributed by atoms with Crippen molar-refractivity contribution in [3.63, 3.8) is 0 Å². The predicted octanol–water partition coefficient (Wildman–Crippen LogP) is 2.25. The van der Waals surface area contributed by atoms with Gasteiger partial charge in [-0.2, -0.15) is 0 Å². The first kappa shape index (κ1) is 7.64. The van der Waals surface area contributed by atoms with Gasteiger partial charge < -0.3 is 0 Å². The zero-order valence-corrected chi connectivity index (χ0v) is 7.51. The zero-order chi connectivity index (χ0) is 8.39. The molecular weight excluding hydrogens is 194 g/mol. The summed E-state index contributed by atoms with van der Waals surface area (Å²) in [5.74, 6) is 0. The standard InChI is InChI=1S/C7H4ClN3S/c8-7-6(2-9-4-10-7)5-1-11-12-3-5/h1-4H. The van der Waals surface area contributed by atoms with Gasteiger partial charge in [-0.1, -0.05) is 11.6 Å². The maximum atomic E-state index is 5.84. The third-order valence-electron chi connectivity index (χ3n) is 1.41. The van der Waals surface area contributed by atoms with Crippen LogP contribution in [-0.4, -0.2) is 14.3 Å². The highest BCUT2D eigenvalue weighted by Gasteiger charge is 2.04. The molecule has 0 N–H and O–H groups in total. The summed E-state index contributed by atoms with van der Waals surface area (Å²) >= 11 is 7.22. The Hall–Kier alpha value is -1.00. The van der Waals surface area contributed by atoms with Crippen LogP contribution in [-0.2, 0) is 0 Å². The van der Waals surface area contributed by atoms with Crippen molar-refractivity contribution in [2.24, 2.45) is 0 Å². The molecular formula is C7H4ClN3S. The third kappa shape index (κ3) is 1.31. The maximum Gasteiger partial charge on any atom is 0.140 e. The maximum absolute atomic E-state index is 5.84. The Morgan fingerprint density at radius 3 is 2.92 bits per heavy atom. The Labute approximate surface area is 78.2 Å². The van der Waals surface area contributed by atoms with Crippen molar-refractivity contribution in [2.75, 3.05) is 0 Å². The summed E-state index contributed by atoms with van der Waals surface area (Å²) < 4.78 is 3.97. The molecule has 2 aromatic rings. The average molecular weight is 198 g/mol. The fraction of sp³-hybridized carbons (Fsp3) is 0. The molecule has 0 unspecified atom stereocenters. The van der Waals surface area contributed by atoms with Crippen molar-refractivity contribution in [3.05, 3.63) is 29.3 Å². The zero-order valence-electron chi connectivity index (χ0n) is 5.94. The lowest BCUT2D eigenvalue weighted by atomic mass is 10.2. The Kier molecular flexibility index (Phi) is 2.01. The second kappa shape index (κ2) is 3.16. The van der Waals surface area contributed by atoms with Crippen LogP contribution in [0.3, 0.4) is 0 Å². The normalized spacial score (nSPS) is 10.1. The summed E-state index contributed by atoms with van der Waals surface area (Å²) in [5, 5.41) is 2.37. The topological polar surface area (TPSA) is 38.7 Å². The van der Waals surface area contributed by atoms with Crippen LogP contribution in [0.2, 0.25) is 5.15 Å². The van der Waals surface area contributed by atoms with Gasteiger partial charge in [0.15, 0.2) is 0 Å². The van der Waals surface area contributed by atoms with E-state index in [-0.39, 0.29) is 0 Å². The van der Waals surface area contributed by atoms with Crippen LogP contribution in [0.25, 0.3) is 11.1 Å². The molecule has 0 spiro atoms. The molecule has 2 rings (SSSR count). The first-order chi connectivity index (χ1) is 5.88. The van der Waals surface area contributed by atoms with E-state index in [0.29, 0.717) is 5.15 Å². The Morgan fingerprint density at radius 2 is 2.25 bits per heavy atom. The van der Waals surface area contributed by atoms with E-state index in [1.807, 2.05) is 5.38 Å². The predicted molar refractivity (Wildman–Crippen MR) is 48.2 cm³/mol. The molecule has 0 atom stereocenters. The van der Waals surface area contributed by atoms with Crippen LogP contribution in [0.5, 0.6) is 0 Å². The van der Waals surface area contributed by atoms with Crippen LogP contribution in [0.15, 0.2) is 24.1 Å². The first-order valence-corrected chi connectivity index (χ1v) is 4.44. The van der Waals surface area contributed by atoms with Gasteiger partial charge in [0.1, 0.15) is 11.5 Å². The SMILES string of the molecule is Clc1ncncc1-c1cnsc1. The van der Waals surface area contributed by atoms with Gasteiger partial charge in [-0.25, -0.2) is 14.3 Å². The fourth-order valence-corrected chi connectivity index (χ4v) is 1.58. The lowest BCUT2D eigenvalue weighted by Crippen LogP contribution is -1.82. The Morgan fingerprint density at radius 1 is 1.33 bits per heavy atom. The molecule has 0 aliphatic rings. The van der Waals surface area contributed by atoms with Gasteiger partial charge in [0.05, 0.1) is 0 Å². The van der Waals surface area contributed by atoms with Crippen molar-refractivity contribution < 1.29 is 0 Å². The average Bonchev–Trinajstić information content (AvgIpc) is 2.57. The highest BCUT2D eigenvalue weighted by atomic mass is 35.5. The van der Waals surface area contributed by atoms with Gasteiger partial charge in [0.25, 0.3) is 0 Å². The molecule has 0 aromatic carbocycles. The fourth-order valence-electron chi connectivity index (χ4n) is 0.846. The van der Waals surface area contributed by atoms with Gasteiger partial charge >= 0.3 is 0 Å². The number of aromatic nitrogens is 3. The van der Waals surface area contributed by atoms with E-state index in [0.717, 1.165) is 11.1 Å². The van der Waals surface area contributed by atoms with Crippen LogP contribution < -0.4 is 0 Å². The van der Waals surface area contributed by atoms with Gasteiger partial charge in [-0.05, 0) is 11.5 Å². The molecule has 0 aliphatic heterocycles. The number of hydrogen-bond acceptors (Lipinski definition) is 4. The van der Waals surface area contributed by atoms with Crippen molar-refractivity contribution in [3.8, 4) is 11.1 Å². The number of hydrogen-bond donors (Lipinski definition) is 0. The van der Waals surface area contributed by atoms with Gasteiger partial charge in [0.2, 0.25) is 0 Å². The Balaban J connectivity index is 2.55. The molecule has 12 heavy (non-hydrogen) atoms. The first-order valence-electron chi connectivity index (χ1n) is 3.23. The molecule has 0 aliphatic carbocycles. The second-order valence-electron chi connectivity index (χ2n) is 2.14. The molecule has 2 aromatic heterocycles.